The van der Waals surface area contributed by atoms with Gasteiger partial charge in [-0.1, -0.05) is 6.07 Å². The average molecular weight is 398 g/mol. The molecule has 154 valence electrons. The number of carbonyl (C=O) groups excluding carboxylic acids is 2. The van der Waals surface area contributed by atoms with Gasteiger partial charge in [0.1, 0.15) is 5.75 Å². The summed E-state index contributed by atoms with van der Waals surface area (Å²) in [5.41, 5.74) is 7.67. The number of hydrogen-bond donors (Lipinski definition) is 2. The first-order valence-electron chi connectivity index (χ1n) is 9.64. The largest absolute Gasteiger partial charge is 0.493 e. The van der Waals surface area contributed by atoms with E-state index in [2.05, 4.69) is 10.9 Å². The van der Waals surface area contributed by atoms with Crippen molar-refractivity contribution in [1.29, 1.82) is 0 Å². The van der Waals surface area contributed by atoms with Gasteiger partial charge in [0.05, 0.1) is 13.2 Å². The number of amides is 2. The highest BCUT2D eigenvalue weighted by Gasteiger charge is 2.14. The van der Waals surface area contributed by atoms with Crippen LogP contribution in [0.2, 0.25) is 0 Å². The van der Waals surface area contributed by atoms with Crippen molar-refractivity contribution in [1.82, 2.24) is 10.9 Å². The zero-order valence-corrected chi connectivity index (χ0v) is 16.9. The van der Waals surface area contributed by atoms with Crippen molar-refractivity contribution in [2.75, 3.05) is 13.7 Å². The summed E-state index contributed by atoms with van der Waals surface area (Å²) in [6.45, 7) is 3.62. The molecule has 3 rings (SSSR count). The predicted molar refractivity (Wildman–Crippen MR) is 108 cm³/mol. The zero-order valence-electron chi connectivity index (χ0n) is 16.9. The molecule has 29 heavy (non-hydrogen) atoms. The van der Waals surface area contributed by atoms with Crippen LogP contribution in [0.25, 0.3) is 0 Å². The molecule has 0 radical (unpaired) electrons. The Morgan fingerprint density at radius 2 is 1.79 bits per heavy atom. The van der Waals surface area contributed by atoms with E-state index in [1.54, 1.807) is 18.2 Å². The van der Waals surface area contributed by atoms with Crippen LogP contribution in [-0.2, 0) is 17.6 Å². The maximum atomic E-state index is 12.3. The van der Waals surface area contributed by atoms with Gasteiger partial charge >= 0.3 is 0 Å². The molecule has 0 aliphatic heterocycles. The Labute approximate surface area is 170 Å². The summed E-state index contributed by atoms with van der Waals surface area (Å²) in [6, 6.07) is 10.7. The fraction of sp³-hybridized carbons (Fsp3) is 0.364. The van der Waals surface area contributed by atoms with Gasteiger partial charge in [0, 0.05) is 5.56 Å². The number of nitrogens with one attached hydrogen (secondary N) is 2. The molecule has 2 aromatic rings. The smallest absolute Gasteiger partial charge is 0.276 e. The minimum absolute atomic E-state index is 0.0199. The normalized spacial score (nSPS) is 12.3. The second-order valence-corrected chi connectivity index (χ2v) is 7.11. The highest BCUT2D eigenvalue weighted by atomic mass is 16.5. The third-order valence-electron chi connectivity index (χ3n) is 4.54. The summed E-state index contributed by atoms with van der Waals surface area (Å²) in [5, 5.41) is 0. The molecule has 2 N–H and O–H groups in total. The van der Waals surface area contributed by atoms with Gasteiger partial charge < -0.3 is 14.2 Å². The van der Waals surface area contributed by atoms with Crippen LogP contribution in [0.5, 0.6) is 17.2 Å². The number of methoxy groups -OCH3 is 1. The predicted octanol–water partition coefficient (Wildman–Crippen LogP) is 2.81. The molecule has 0 saturated heterocycles. The SMILES string of the molecule is COc1cc(C(=O)NNC(=O)COc2ccc3c(c2)CCC3)ccc1OC(C)C. The molecule has 2 aromatic carbocycles. The second kappa shape index (κ2) is 9.32. The third kappa shape index (κ3) is 5.40. The third-order valence-corrected chi connectivity index (χ3v) is 4.54. The van der Waals surface area contributed by atoms with Crippen LogP contribution < -0.4 is 25.1 Å². The van der Waals surface area contributed by atoms with Crippen molar-refractivity contribution >= 4 is 11.8 Å². The van der Waals surface area contributed by atoms with Crippen LogP contribution >= 0.6 is 0 Å². The van der Waals surface area contributed by atoms with Crippen molar-refractivity contribution < 1.29 is 23.8 Å². The molecular weight excluding hydrogens is 372 g/mol. The van der Waals surface area contributed by atoms with E-state index < -0.39 is 11.8 Å². The summed E-state index contributed by atoms with van der Waals surface area (Å²) < 4.78 is 16.4. The summed E-state index contributed by atoms with van der Waals surface area (Å²) >= 11 is 0. The molecule has 0 atom stereocenters. The van der Waals surface area contributed by atoms with Crippen LogP contribution in [0.15, 0.2) is 36.4 Å². The fourth-order valence-electron chi connectivity index (χ4n) is 3.18. The topological polar surface area (TPSA) is 85.9 Å². The van der Waals surface area contributed by atoms with E-state index in [0.29, 0.717) is 22.8 Å². The number of rotatable bonds is 7. The Bertz CT molecular complexity index is 895. The van der Waals surface area contributed by atoms with Gasteiger partial charge in [0.25, 0.3) is 11.8 Å². The monoisotopic (exact) mass is 398 g/mol. The Kier molecular flexibility index (Phi) is 6.59. The average Bonchev–Trinajstić information content (AvgIpc) is 3.18. The molecule has 2 amide bonds. The summed E-state index contributed by atoms with van der Waals surface area (Å²) in [7, 11) is 1.50. The molecule has 7 heteroatoms. The first-order chi connectivity index (χ1) is 14.0. The minimum atomic E-state index is -0.467. The van der Waals surface area contributed by atoms with Gasteiger partial charge in [0.2, 0.25) is 0 Å². The Balaban J connectivity index is 1.50. The highest BCUT2D eigenvalue weighted by molar-refractivity contribution is 5.96. The van der Waals surface area contributed by atoms with E-state index in [1.807, 2.05) is 32.0 Å². The van der Waals surface area contributed by atoms with Crippen molar-refractivity contribution in [3.05, 3.63) is 53.1 Å². The molecule has 0 spiro atoms. The van der Waals surface area contributed by atoms with Crippen molar-refractivity contribution in [2.24, 2.45) is 0 Å². The first-order valence-corrected chi connectivity index (χ1v) is 9.64. The quantitative estimate of drug-likeness (QED) is 0.701. The van der Waals surface area contributed by atoms with Crippen molar-refractivity contribution in [3.8, 4) is 17.2 Å². The summed E-state index contributed by atoms with van der Waals surface area (Å²) in [6.07, 6.45) is 3.27. The van der Waals surface area contributed by atoms with E-state index in [-0.39, 0.29) is 12.7 Å². The van der Waals surface area contributed by atoms with E-state index in [1.165, 1.54) is 18.2 Å². The van der Waals surface area contributed by atoms with Crippen LogP contribution in [0.3, 0.4) is 0 Å². The molecule has 0 saturated carbocycles. The van der Waals surface area contributed by atoms with E-state index >= 15 is 0 Å². The second-order valence-electron chi connectivity index (χ2n) is 7.11. The number of ether oxygens (including phenoxy) is 3. The van der Waals surface area contributed by atoms with Crippen LogP contribution in [0.1, 0.15) is 41.8 Å². The van der Waals surface area contributed by atoms with E-state index in [9.17, 15) is 9.59 Å². The maximum absolute atomic E-state index is 12.3. The Morgan fingerprint density at radius 1 is 1.00 bits per heavy atom. The molecule has 1 aliphatic rings. The molecule has 7 nitrogen and oxygen atoms in total. The summed E-state index contributed by atoms with van der Waals surface area (Å²) in [4.78, 5) is 24.3. The number of benzene rings is 2. The van der Waals surface area contributed by atoms with Gasteiger partial charge in [0.15, 0.2) is 18.1 Å². The number of hydrazine groups is 1. The van der Waals surface area contributed by atoms with E-state index in [4.69, 9.17) is 14.2 Å². The Hall–Kier alpha value is -3.22. The molecule has 1 aliphatic carbocycles. The van der Waals surface area contributed by atoms with Crippen LogP contribution in [-0.4, -0.2) is 31.6 Å². The molecular formula is C22H26N2O5. The zero-order chi connectivity index (χ0) is 20.8. The molecule has 0 unspecified atom stereocenters. The van der Waals surface area contributed by atoms with Crippen molar-refractivity contribution in [3.63, 3.8) is 0 Å². The molecule has 0 heterocycles. The lowest BCUT2D eigenvalue weighted by Gasteiger charge is -2.14. The fourth-order valence-corrected chi connectivity index (χ4v) is 3.18. The molecule has 0 aromatic heterocycles. The van der Waals surface area contributed by atoms with Gasteiger partial charge in [-0.15, -0.1) is 0 Å². The van der Waals surface area contributed by atoms with Crippen LogP contribution in [0.4, 0.5) is 0 Å². The lowest BCUT2D eigenvalue weighted by Crippen LogP contribution is -2.43. The minimum Gasteiger partial charge on any atom is -0.493 e. The molecule has 0 bridgehead atoms. The lowest BCUT2D eigenvalue weighted by atomic mass is 10.1. The maximum Gasteiger partial charge on any atom is 0.276 e. The number of aryl methyl sites for hydroxylation is 2. The highest BCUT2D eigenvalue weighted by Crippen LogP contribution is 2.29. The molecule has 0 fully saturated rings. The standard InChI is InChI=1S/C22H26N2O5/c1-14(2)29-19-10-8-17(12-20(19)27-3)22(26)24-23-21(25)13-28-18-9-7-15-5-4-6-16(15)11-18/h7-12,14H,4-6,13H2,1-3H3,(H,23,25)(H,24,26). The lowest BCUT2D eigenvalue weighted by molar-refractivity contribution is -0.123. The van der Waals surface area contributed by atoms with Crippen molar-refractivity contribution in [2.45, 2.75) is 39.2 Å². The number of carbonyl (C=O) groups is 2. The summed E-state index contributed by atoms with van der Waals surface area (Å²) in [5.74, 6) is 0.719. The van der Waals surface area contributed by atoms with Gasteiger partial charge in [-0.05, 0) is 74.6 Å². The van der Waals surface area contributed by atoms with Gasteiger partial charge in [-0.2, -0.15) is 0 Å². The van der Waals surface area contributed by atoms with Gasteiger partial charge in [-0.3, -0.25) is 20.4 Å². The number of fused-ring (bicyclic) bond motifs is 1. The number of hydrogen-bond acceptors (Lipinski definition) is 5. The first kappa shape index (κ1) is 20.5. The van der Waals surface area contributed by atoms with E-state index in [0.717, 1.165) is 19.3 Å². The van der Waals surface area contributed by atoms with Crippen LogP contribution in [0, 0.1) is 0 Å². The Morgan fingerprint density at radius 3 is 2.55 bits per heavy atom. The van der Waals surface area contributed by atoms with Gasteiger partial charge in [-0.25, -0.2) is 0 Å².